The van der Waals surface area contributed by atoms with E-state index in [0.717, 1.165) is 12.8 Å². The summed E-state index contributed by atoms with van der Waals surface area (Å²) in [4.78, 5) is 4.38. The Morgan fingerprint density at radius 3 is 2.70 bits per heavy atom. The van der Waals surface area contributed by atoms with Crippen LogP contribution in [0.4, 0.5) is 0 Å². The van der Waals surface area contributed by atoms with Gasteiger partial charge in [-0.3, -0.25) is 0 Å². The topological polar surface area (TPSA) is 83.4 Å². The predicted octanol–water partition coefficient (Wildman–Crippen LogP) is 1.44. The van der Waals surface area contributed by atoms with Gasteiger partial charge in [0.15, 0.2) is 5.82 Å². The molecule has 1 aromatic heterocycles. The summed E-state index contributed by atoms with van der Waals surface area (Å²) in [6.45, 7) is 6.80. The largest absolute Gasteiger partial charge is 0.382 e. The summed E-state index contributed by atoms with van der Waals surface area (Å²) in [5.74, 6) is 2.40. The maximum Gasteiger partial charge on any atom is 0.226 e. The first-order valence-corrected chi connectivity index (χ1v) is 7.23. The number of nitrogens with zero attached hydrogens (tertiary/aromatic N) is 2. The fourth-order valence-electron chi connectivity index (χ4n) is 2.06. The first kappa shape index (κ1) is 17.1. The van der Waals surface area contributed by atoms with Crippen LogP contribution < -0.4 is 5.73 Å². The van der Waals surface area contributed by atoms with Gasteiger partial charge in [0.25, 0.3) is 0 Å². The minimum absolute atomic E-state index is 0.404. The van der Waals surface area contributed by atoms with Crippen LogP contribution in [0.3, 0.4) is 0 Å². The summed E-state index contributed by atoms with van der Waals surface area (Å²) in [5, 5.41) is 3.96. The Kier molecular flexibility index (Phi) is 8.41. The first-order valence-electron chi connectivity index (χ1n) is 7.23. The summed E-state index contributed by atoms with van der Waals surface area (Å²) in [5.41, 5.74) is 5.78. The van der Waals surface area contributed by atoms with Crippen molar-refractivity contribution in [2.45, 2.75) is 33.1 Å². The van der Waals surface area contributed by atoms with Gasteiger partial charge in [0, 0.05) is 20.0 Å². The molecule has 0 aliphatic carbocycles. The van der Waals surface area contributed by atoms with E-state index in [1.165, 1.54) is 0 Å². The van der Waals surface area contributed by atoms with Crippen LogP contribution in [0, 0.1) is 11.8 Å². The molecule has 1 rings (SSSR count). The van der Waals surface area contributed by atoms with Gasteiger partial charge in [-0.15, -0.1) is 0 Å². The SMILES string of the molecule is COCCOCCc1noc(C[C@@H](CN)CC(C)C)n1. The van der Waals surface area contributed by atoms with Crippen molar-refractivity contribution < 1.29 is 14.0 Å². The smallest absolute Gasteiger partial charge is 0.226 e. The van der Waals surface area contributed by atoms with E-state index in [9.17, 15) is 0 Å². The van der Waals surface area contributed by atoms with Crippen molar-refractivity contribution in [2.75, 3.05) is 33.5 Å². The Morgan fingerprint density at radius 1 is 1.25 bits per heavy atom. The summed E-state index contributed by atoms with van der Waals surface area (Å²) >= 11 is 0. The second-order valence-corrected chi connectivity index (χ2v) is 5.39. The summed E-state index contributed by atoms with van der Waals surface area (Å²) in [6.07, 6.45) is 2.49. The fourth-order valence-corrected chi connectivity index (χ4v) is 2.06. The molecule has 116 valence electrons. The zero-order valence-electron chi connectivity index (χ0n) is 12.8. The van der Waals surface area contributed by atoms with Gasteiger partial charge >= 0.3 is 0 Å². The van der Waals surface area contributed by atoms with E-state index >= 15 is 0 Å². The number of ether oxygens (including phenoxy) is 2. The van der Waals surface area contributed by atoms with Crippen molar-refractivity contribution in [3.05, 3.63) is 11.7 Å². The van der Waals surface area contributed by atoms with E-state index in [1.54, 1.807) is 7.11 Å². The van der Waals surface area contributed by atoms with Crippen molar-refractivity contribution >= 4 is 0 Å². The average molecular weight is 285 g/mol. The molecule has 0 amide bonds. The number of hydrogen-bond acceptors (Lipinski definition) is 6. The molecule has 0 aliphatic rings. The molecule has 0 aromatic carbocycles. The van der Waals surface area contributed by atoms with Gasteiger partial charge in [0.05, 0.1) is 19.8 Å². The van der Waals surface area contributed by atoms with E-state index in [4.69, 9.17) is 19.7 Å². The molecule has 1 heterocycles. The van der Waals surface area contributed by atoms with E-state index in [1.807, 2.05) is 0 Å². The molecular formula is C14H27N3O3. The summed E-state index contributed by atoms with van der Waals surface area (Å²) in [6, 6.07) is 0. The molecule has 0 radical (unpaired) electrons. The Hall–Kier alpha value is -0.980. The predicted molar refractivity (Wildman–Crippen MR) is 76.4 cm³/mol. The highest BCUT2D eigenvalue weighted by molar-refractivity contribution is 4.88. The molecule has 0 aliphatic heterocycles. The molecular weight excluding hydrogens is 258 g/mol. The molecule has 0 saturated carbocycles. The van der Waals surface area contributed by atoms with E-state index in [2.05, 4.69) is 24.0 Å². The number of nitrogens with two attached hydrogens (primary N) is 1. The quantitative estimate of drug-likeness (QED) is 0.619. The lowest BCUT2D eigenvalue weighted by Gasteiger charge is -2.14. The zero-order chi connectivity index (χ0) is 14.8. The maximum absolute atomic E-state index is 5.78. The standard InChI is InChI=1S/C14H27N3O3/c1-11(2)8-12(10-15)9-14-16-13(17-20-14)4-5-19-7-6-18-3/h11-12H,4-10,15H2,1-3H3/t12-/m0/s1. The number of aromatic nitrogens is 2. The molecule has 0 saturated heterocycles. The Morgan fingerprint density at radius 2 is 2.05 bits per heavy atom. The number of hydrogen-bond donors (Lipinski definition) is 1. The second-order valence-electron chi connectivity index (χ2n) is 5.39. The van der Waals surface area contributed by atoms with Crippen molar-refractivity contribution in [1.82, 2.24) is 10.1 Å². The van der Waals surface area contributed by atoms with Crippen molar-refractivity contribution in [3.63, 3.8) is 0 Å². The van der Waals surface area contributed by atoms with Crippen LogP contribution in [-0.4, -0.2) is 43.6 Å². The van der Waals surface area contributed by atoms with Gasteiger partial charge in [-0.25, -0.2) is 0 Å². The molecule has 6 nitrogen and oxygen atoms in total. The highest BCUT2D eigenvalue weighted by atomic mass is 16.5. The van der Waals surface area contributed by atoms with Crippen molar-refractivity contribution in [3.8, 4) is 0 Å². The number of methoxy groups -OCH3 is 1. The lowest BCUT2D eigenvalue weighted by Crippen LogP contribution is -2.19. The normalized spacial score (nSPS) is 13.1. The third-order valence-electron chi connectivity index (χ3n) is 3.01. The molecule has 1 atom stereocenters. The Labute approximate surface area is 121 Å². The Bertz CT molecular complexity index is 355. The molecule has 1 aromatic rings. The van der Waals surface area contributed by atoms with Crippen LogP contribution in [0.5, 0.6) is 0 Å². The molecule has 0 fully saturated rings. The van der Waals surface area contributed by atoms with Gasteiger partial charge in [0.1, 0.15) is 0 Å². The lowest BCUT2D eigenvalue weighted by atomic mass is 9.94. The van der Waals surface area contributed by atoms with Gasteiger partial charge in [0.2, 0.25) is 5.89 Å². The second kappa shape index (κ2) is 9.85. The van der Waals surface area contributed by atoms with Gasteiger partial charge in [-0.05, 0) is 24.8 Å². The highest BCUT2D eigenvalue weighted by Crippen LogP contribution is 2.15. The van der Waals surface area contributed by atoms with E-state index < -0.39 is 0 Å². The third kappa shape index (κ3) is 6.98. The minimum atomic E-state index is 0.404. The van der Waals surface area contributed by atoms with Crippen LogP contribution in [0.25, 0.3) is 0 Å². The highest BCUT2D eigenvalue weighted by Gasteiger charge is 2.14. The zero-order valence-corrected chi connectivity index (χ0v) is 12.8. The monoisotopic (exact) mass is 285 g/mol. The molecule has 20 heavy (non-hydrogen) atoms. The van der Waals surface area contributed by atoms with Gasteiger partial charge in [-0.1, -0.05) is 19.0 Å². The summed E-state index contributed by atoms with van der Waals surface area (Å²) < 4.78 is 15.5. The van der Waals surface area contributed by atoms with Gasteiger partial charge in [-0.2, -0.15) is 4.98 Å². The van der Waals surface area contributed by atoms with Crippen LogP contribution in [-0.2, 0) is 22.3 Å². The van der Waals surface area contributed by atoms with Gasteiger partial charge < -0.3 is 19.7 Å². The first-order chi connectivity index (χ1) is 9.65. The third-order valence-corrected chi connectivity index (χ3v) is 3.01. The van der Waals surface area contributed by atoms with Crippen LogP contribution in [0.2, 0.25) is 0 Å². The van der Waals surface area contributed by atoms with Crippen LogP contribution >= 0.6 is 0 Å². The molecule has 6 heteroatoms. The van der Waals surface area contributed by atoms with Crippen molar-refractivity contribution in [2.24, 2.45) is 17.6 Å². The molecule has 0 spiro atoms. The fraction of sp³-hybridized carbons (Fsp3) is 0.857. The van der Waals surface area contributed by atoms with E-state index in [0.29, 0.717) is 56.3 Å². The van der Waals surface area contributed by atoms with E-state index in [-0.39, 0.29) is 0 Å². The van der Waals surface area contributed by atoms with Crippen molar-refractivity contribution in [1.29, 1.82) is 0 Å². The Balaban J connectivity index is 2.31. The average Bonchev–Trinajstić information content (AvgIpc) is 2.85. The minimum Gasteiger partial charge on any atom is -0.382 e. The molecule has 2 N–H and O–H groups in total. The molecule has 0 unspecified atom stereocenters. The summed E-state index contributed by atoms with van der Waals surface area (Å²) in [7, 11) is 1.65. The maximum atomic E-state index is 5.78. The lowest BCUT2D eigenvalue weighted by molar-refractivity contribution is 0.0714. The van der Waals surface area contributed by atoms with Crippen LogP contribution in [0.15, 0.2) is 4.52 Å². The number of rotatable bonds is 11. The van der Waals surface area contributed by atoms with Crippen LogP contribution in [0.1, 0.15) is 32.0 Å². The molecule has 0 bridgehead atoms.